The highest BCUT2D eigenvalue weighted by molar-refractivity contribution is 8.78. The number of likely N-dealkylation sites (N-methyl/N-ethyl adjacent to an activating group) is 2. The Morgan fingerprint density at radius 3 is 1.68 bits per heavy atom. The van der Waals surface area contributed by atoms with Crippen molar-refractivity contribution in [2.24, 2.45) is 0 Å². The van der Waals surface area contributed by atoms with Gasteiger partial charge in [0.05, 0.1) is 16.9 Å². The van der Waals surface area contributed by atoms with Crippen molar-refractivity contribution in [1.29, 1.82) is 0 Å². The molecule has 2 aromatic carbocycles. The molecule has 2 spiro atoms. The minimum atomic E-state index is -1.97. The second kappa shape index (κ2) is 9.08. The number of aliphatic hydroxyl groups is 3. The van der Waals surface area contributed by atoms with Gasteiger partial charge in [-0.3, -0.25) is 33.8 Å². The Morgan fingerprint density at radius 2 is 1.18 bits per heavy atom. The number of nitrogens with zero attached hydrogens (tertiary/aromatic N) is 4. The summed E-state index contributed by atoms with van der Waals surface area (Å²) in [5, 5.41) is 44.8. The summed E-state index contributed by atoms with van der Waals surface area (Å²) in [6, 6.07) is 14.2. The fraction of sp³-hybridized carbons (Fsp3) is 0.469. The number of nitrogens with one attached hydrogen (secondary N) is 2. The number of carbonyl (C=O) groups is 5. The number of anilines is 2. The molecule has 0 radical (unpaired) electrons. The molecule has 18 heteroatoms. The number of aliphatic hydroxyl groups excluding tert-OH is 3. The molecule has 11 atom stereocenters. The SMILES string of the molecule is CC(=O)[C@]12SS[C@]3(C(=O)N1C)[C@@H](O)C1([C@@]45c6ccccc6N[C@@H]4N4C(=O)C6(C(C)O)SSC4(C(=O)N6C)[C@H]5O)c4ccccc4N[C@@H]1N3C2=O. The zero-order chi connectivity index (χ0) is 35.3. The molecule has 8 fully saturated rings. The zero-order valence-electron chi connectivity index (χ0n) is 26.8. The maximum atomic E-state index is 15.0. The lowest BCUT2D eigenvalue weighted by Crippen LogP contribution is -2.80. The number of piperazine rings is 2. The molecule has 10 heterocycles. The van der Waals surface area contributed by atoms with Gasteiger partial charge < -0.3 is 35.8 Å². The monoisotopic (exact) mass is 754 g/mol. The first-order chi connectivity index (χ1) is 23.7. The van der Waals surface area contributed by atoms with Crippen LogP contribution in [0.25, 0.3) is 0 Å². The molecule has 12 rings (SSSR count). The van der Waals surface area contributed by atoms with E-state index in [0.717, 1.165) is 48.1 Å². The predicted octanol–water partition coefficient (Wildman–Crippen LogP) is 0.261. The van der Waals surface area contributed by atoms with Crippen molar-refractivity contribution in [2.75, 3.05) is 24.7 Å². The average molecular weight is 755 g/mol. The molecule has 10 aliphatic heterocycles. The number of hydrogen-bond donors (Lipinski definition) is 5. The Kier molecular flexibility index (Phi) is 5.74. The van der Waals surface area contributed by atoms with Gasteiger partial charge in [0.1, 0.15) is 24.5 Å². The average Bonchev–Trinajstić information content (AvgIpc) is 3.74. The van der Waals surface area contributed by atoms with Crippen LogP contribution in [0.15, 0.2) is 48.5 Å². The topological polar surface area (TPSA) is 183 Å². The molecule has 10 aliphatic rings. The van der Waals surface area contributed by atoms with E-state index in [1.165, 1.54) is 42.6 Å². The summed E-state index contributed by atoms with van der Waals surface area (Å²) in [5.74, 6) is -3.11. The number of carbonyl (C=O) groups excluding carboxylic acids is 5. The normalized spacial score (nSPS) is 44.8. The minimum Gasteiger partial charge on any atom is -0.389 e. The van der Waals surface area contributed by atoms with E-state index in [2.05, 4.69) is 10.6 Å². The summed E-state index contributed by atoms with van der Waals surface area (Å²) in [5.41, 5.74) is -1.64. The van der Waals surface area contributed by atoms with Crippen LogP contribution in [0.1, 0.15) is 25.0 Å². The first kappa shape index (κ1) is 31.6. The third kappa shape index (κ3) is 2.61. The minimum absolute atomic E-state index is 0.472. The number of amides is 4. The molecule has 8 saturated heterocycles. The lowest BCUT2D eigenvalue weighted by atomic mass is 9.52. The summed E-state index contributed by atoms with van der Waals surface area (Å²) >= 11 is 0. The van der Waals surface area contributed by atoms with Crippen LogP contribution in [0.3, 0.4) is 0 Å². The predicted molar refractivity (Wildman–Crippen MR) is 186 cm³/mol. The van der Waals surface area contributed by atoms with Gasteiger partial charge in [0.15, 0.2) is 5.78 Å². The highest BCUT2D eigenvalue weighted by atomic mass is 33.1. The number of fused-ring (bicyclic) bond motifs is 11. The van der Waals surface area contributed by atoms with Gasteiger partial charge in [-0.1, -0.05) is 36.4 Å². The van der Waals surface area contributed by atoms with Crippen LogP contribution in [0.2, 0.25) is 0 Å². The van der Waals surface area contributed by atoms with E-state index in [1.807, 2.05) is 0 Å². The van der Waals surface area contributed by atoms with Crippen molar-refractivity contribution < 1.29 is 39.3 Å². The molecular formula is C32H30N6O8S4. The van der Waals surface area contributed by atoms with Gasteiger partial charge in [-0.15, -0.1) is 0 Å². The summed E-state index contributed by atoms with van der Waals surface area (Å²) in [4.78, 5) is 70.2. The molecule has 2 aromatic rings. The maximum absolute atomic E-state index is 15.0. The number of Topliss-reactive ketones (excluding diaryl/α,β-unsaturated/α-hetero) is 1. The van der Waals surface area contributed by atoms with Crippen LogP contribution >= 0.6 is 43.2 Å². The van der Waals surface area contributed by atoms with Crippen molar-refractivity contribution in [3.63, 3.8) is 0 Å². The van der Waals surface area contributed by atoms with Gasteiger partial charge in [-0.25, -0.2) is 0 Å². The molecule has 260 valence electrons. The third-order valence-electron chi connectivity index (χ3n) is 12.6. The van der Waals surface area contributed by atoms with Gasteiger partial charge in [0.2, 0.25) is 19.5 Å². The zero-order valence-corrected chi connectivity index (χ0v) is 30.1. The van der Waals surface area contributed by atoms with E-state index in [9.17, 15) is 39.3 Å². The first-order valence-electron chi connectivity index (χ1n) is 16.0. The van der Waals surface area contributed by atoms with Crippen LogP contribution in [0.5, 0.6) is 0 Å². The van der Waals surface area contributed by atoms with Crippen molar-refractivity contribution in [3.05, 3.63) is 59.7 Å². The molecule has 4 unspecified atom stereocenters. The number of ketones is 1. The highest BCUT2D eigenvalue weighted by Gasteiger charge is 2.93. The van der Waals surface area contributed by atoms with Crippen LogP contribution in [-0.4, -0.2) is 129 Å². The Hall–Kier alpha value is -3.13. The van der Waals surface area contributed by atoms with Gasteiger partial charge in [0.25, 0.3) is 23.6 Å². The van der Waals surface area contributed by atoms with Gasteiger partial charge in [-0.2, -0.15) is 0 Å². The Morgan fingerprint density at radius 1 is 0.720 bits per heavy atom. The third-order valence-corrected chi connectivity index (χ3v) is 20.0. The van der Waals surface area contributed by atoms with Crippen molar-refractivity contribution in [3.8, 4) is 0 Å². The van der Waals surface area contributed by atoms with Crippen LogP contribution in [0, 0.1) is 0 Å². The number of hydrogen-bond acceptors (Lipinski definition) is 14. The second-order valence-electron chi connectivity index (χ2n) is 14.1. The number of benzene rings is 2. The first-order valence-corrected chi connectivity index (χ1v) is 20.3. The largest absolute Gasteiger partial charge is 0.389 e. The molecule has 4 bridgehead atoms. The molecule has 50 heavy (non-hydrogen) atoms. The van der Waals surface area contributed by atoms with E-state index in [4.69, 9.17) is 0 Å². The molecule has 14 nitrogen and oxygen atoms in total. The Bertz CT molecular complexity index is 2060. The van der Waals surface area contributed by atoms with E-state index >= 15 is 0 Å². The molecule has 5 N–H and O–H groups in total. The fourth-order valence-corrected chi connectivity index (χ4v) is 18.4. The second-order valence-corrected chi connectivity index (χ2v) is 19.2. The number of rotatable bonds is 3. The molecule has 0 aliphatic carbocycles. The summed E-state index contributed by atoms with van der Waals surface area (Å²) in [7, 11) is 6.69. The van der Waals surface area contributed by atoms with E-state index in [0.29, 0.717) is 22.5 Å². The highest BCUT2D eigenvalue weighted by Crippen LogP contribution is 2.78. The van der Waals surface area contributed by atoms with Crippen molar-refractivity contribution >= 4 is 84.0 Å². The van der Waals surface area contributed by atoms with Crippen molar-refractivity contribution in [1.82, 2.24) is 19.6 Å². The lowest BCUT2D eigenvalue weighted by molar-refractivity contribution is -0.172. The smallest absolute Gasteiger partial charge is 0.271 e. The van der Waals surface area contributed by atoms with E-state index < -0.39 is 90.4 Å². The van der Waals surface area contributed by atoms with Crippen LogP contribution < -0.4 is 10.6 Å². The molecule has 0 saturated carbocycles. The van der Waals surface area contributed by atoms with E-state index in [-0.39, 0.29) is 0 Å². The Balaban J connectivity index is 1.34. The number of para-hydroxylation sites is 2. The van der Waals surface area contributed by atoms with Gasteiger partial charge >= 0.3 is 0 Å². The van der Waals surface area contributed by atoms with Crippen molar-refractivity contribution in [2.45, 2.75) is 74.8 Å². The summed E-state index contributed by atoms with van der Waals surface area (Å²) in [6.45, 7) is 2.70. The van der Waals surface area contributed by atoms with Crippen LogP contribution in [-0.2, 0) is 34.8 Å². The van der Waals surface area contributed by atoms with Gasteiger partial charge in [-0.05, 0) is 80.3 Å². The maximum Gasteiger partial charge on any atom is 0.271 e. The molecule has 4 amide bonds. The summed E-state index contributed by atoms with van der Waals surface area (Å²) < 4.78 is 0. The molecular weight excluding hydrogens is 725 g/mol. The van der Waals surface area contributed by atoms with E-state index in [1.54, 1.807) is 48.5 Å². The van der Waals surface area contributed by atoms with Gasteiger partial charge in [0, 0.05) is 25.5 Å². The summed E-state index contributed by atoms with van der Waals surface area (Å²) in [6.07, 6.45) is -7.27. The Labute approximate surface area is 300 Å². The molecule has 0 aromatic heterocycles. The fourth-order valence-electron chi connectivity index (χ4n) is 10.5. The lowest BCUT2D eigenvalue weighted by Gasteiger charge is -2.59. The quantitative estimate of drug-likeness (QED) is 0.213. The van der Waals surface area contributed by atoms with Crippen LogP contribution in [0.4, 0.5) is 11.4 Å². The standard InChI is InChI=1S/C32H30N6O8S4/c1-13(39)29-25(45)37-21-27(15-9-5-7-11-17(15)33-21,19(41)31(37,49-47-29)23(43)35(29)3)28-16-10-6-8-12-18(16)34-22(28)38-26(46)30(14(2)40)36(4)24(44)32(38,20(28)42)50-48-30/h5-13,19-22,33-34,39,41-42H,1-4H3/t13?,19-,20-,21+,22+,27+,28?,29?,30+,31?,32-/m0/s1.